The van der Waals surface area contributed by atoms with Crippen molar-refractivity contribution in [2.24, 2.45) is 0 Å². The van der Waals surface area contributed by atoms with Crippen LogP contribution in [0.3, 0.4) is 0 Å². The third-order valence-corrected chi connectivity index (χ3v) is 7.74. The second kappa shape index (κ2) is 22.3. The Bertz CT molecular complexity index is 335. The zero-order valence-electron chi connectivity index (χ0n) is 21.5. The number of hydrogen-bond acceptors (Lipinski definition) is 2. The first-order valence-corrected chi connectivity index (χ1v) is 14.4. The molecular weight excluding hydrogens is 386 g/mol. The summed E-state index contributed by atoms with van der Waals surface area (Å²) >= 11 is 0. The van der Waals surface area contributed by atoms with Gasteiger partial charge in [-0.05, 0) is 19.3 Å². The van der Waals surface area contributed by atoms with Crippen molar-refractivity contribution in [1.29, 1.82) is 0 Å². The van der Waals surface area contributed by atoms with Crippen LogP contribution in [-0.2, 0) is 9.47 Å². The number of unbranched alkanes of at least 4 members (excludes halogenated alkanes) is 15. The molecule has 0 saturated carbocycles. The average molecular weight is 443 g/mol. The second-order valence-electron chi connectivity index (χ2n) is 9.80. The van der Waals surface area contributed by atoms with E-state index in [1.54, 1.807) is 14.2 Å². The molecule has 0 aromatic rings. The van der Waals surface area contributed by atoms with Crippen LogP contribution in [0.1, 0.15) is 116 Å². The van der Waals surface area contributed by atoms with E-state index in [0.717, 1.165) is 14.0 Å². The minimum absolute atomic E-state index is 0.000863. The van der Waals surface area contributed by atoms with Gasteiger partial charge in [-0.15, -0.1) is 0 Å². The Morgan fingerprint density at radius 2 is 0.933 bits per heavy atom. The van der Waals surface area contributed by atoms with Crippen molar-refractivity contribution >= 4 is 9.52 Å². The van der Waals surface area contributed by atoms with Gasteiger partial charge in [0.1, 0.15) is 15.4 Å². The molecule has 30 heavy (non-hydrogen) atoms. The molecule has 180 valence electrons. The zero-order chi connectivity index (χ0) is 22.3. The quantitative estimate of drug-likeness (QED) is 0.0670. The van der Waals surface area contributed by atoms with Gasteiger partial charge in [0, 0.05) is 14.2 Å². The van der Waals surface area contributed by atoms with E-state index in [9.17, 15) is 0 Å². The molecule has 0 rings (SSSR count). The molecule has 0 amide bonds. The van der Waals surface area contributed by atoms with Crippen LogP contribution in [0.15, 0.2) is 0 Å². The standard InChI is InChI=1S/C26H56NO2Si/c1-6-7-8-9-10-11-12-13-14-15-16-17-18-19-20-21-23-27(2,3)24-22-25-30-26(28-4)29-5/h26H,6-25H2,1-5H3/q+1. The smallest absolute Gasteiger partial charge is 0.136 e. The number of nitrogens with zero attached hydrogens (tertiary/aromatic N) is 1. The lowest BCUT2D eigenvalue weighted by Gasteiger charge is -2.30. The van der Waals surface area contributed by atoms with Crippen molar-refractivity contribution in [3.05, 3.63) is 0 Å². The highest BCUT2D eigenvalue weighted by molar-refractivity contribution is 6.36. The van der Waals surface area contributed by atoms with Gasteiger partial charge in [0.2, 0.25) is 0 Å². The minimum atomic E-state index is 0.000863. The van der Waals surface area contributed by atoms with Gasteiger partial charge in [-0.3, -0.25) is 0 Å². The SMILES string of the molecule is CCCCCCCCCCCCCCCCCC[N+](C)(C)CCC[Si]C(OC)OC. The van der Waals surface area contributed by atoms with Gasteiger partial charge >= 0.3 is 0 Å². The number of quaternary nitrogens is 1. The van der Waals surface area contributed by atoms with Gasteiger partial charge in [-0.25, -0.2) is 0 Å². The number of hydrogen-bond donors (Lipinski definition) is 0. The summed E-state index contributed by atoms with van der Waals surface area (Å²) in [6, 6.07) is 1.22. The maximum atomic E-state index is 5.28. The molecule has 0 aromatic carbocycles. The lowest BCUT2D eigenvalue weighted by atomic mass is 10.0. The summed E-state index contributed by atoms with van der Waals surface area (Å²) in [4.78, 5) is 0. The Morgan fingerprint density at radius 3 is 1.33 bits per heavy atom. The Morgan fingerprint density at radius 1 is 0.567 bits per heavy atom. The molecule has 2 radical (unpaired) electrons. The highest BCUT2D eigenvalue weighted by Gasteiger charge is 2.15. The Labute approximate surface area is 193 Å². The van der Waals surface area contributed by atoms with Crippen LogP contribution < -0.4 is 0 Å². The summed E-state index contributed by atoms with van der Waals surface area (Å²) < 4.78 is 11.7. The van der Waals surface area contributed by atoms with Crippen LogP contribution in [0.2, 0.25) is 6.04 Å². The first-order chi connectivity index (χ1) is 14.6. The molecule has 0 unspecified atom stereocenters. The van der Waals surface area contributed by atoms with Gasteiger partial charge < -0.3 is 14.0 Å². The summed E-state index contributed by atoms with van der Waals surface area (Å²) in [5.74, 6) is 0.000863. The van der Waals surface area contributed by atoms with Crippen LogP contribution in [0.5, 0.6) is 0 Å². The van der Waals surface area contributed by atoms with E-state index < -0.39 is 0 Å². The maximum absolute atomic E-state index is 5.28. The largest absolute Gasteiger partial charge is 0.360 e. The molecule has 0 heterocycles. The fraction of sp³-hybridized carbons (Fsp3) is 1.00. The molecule has 0 saturated heterocycles. The van der Waals surface area contributed by atoms with Crippen molar-refractivity contribution < 1.29 is 14.0 Å². The maximum Gasteiger partial charge on any atom is 0.136 e. The first-order valence-electron chi connectivity index (χ1n) is 13.2. The highest BCUT2D eigenvalue weighted by Crippen LogP contribution is 2.14. The molecule has 0 fully saturated rings. The van der Waals surface area contributed by atoms with Crippen molar-refractivity contribution in [2.75, 3.05) is 41.4 Å². The topological polar surface area (TPSA) is 18.5 Å². The molecular formula is C26H56NO2Si+. The van der Waals surface area contributed by atoms with Gasteiger partial charge in [-0.2, -0.15) is 0 Å². The predicted octanol–water partition coefficient (Wildman–Crippen LogP) is 7.41. The summed E-state index contributed by atoms with van der Waals surface area (Å²) in [6.07, 6.45) is 24.4. The Kier molecular flexibility index (Phi) is 22.4. The summed E-state index contributed by atoms with van der Waals surface area (Å²) in [5.41, 5.74) is 0. The van der Waals surface area contributed by atoms with E-state index in [-0.39, 0.29) is 5.91 Å². The molecule has 0 aliphatic heterocycles. The van der Waals surface area contributed by atoms with Crippen LogP contribution >= 0.6 is 0 Å². The number of ether oxygens (including phenoxy) is 2. The molecule has 0 aromatic heterocycles. The lowest BCUT2D eigenvalue weighted by molar-refractivity contribution is -0.890. The predicted molar refractivity (Wildman–Crippen MR) is 134 cm³/mol. The van der Waals surface area contributed by atoms with Gasteiger partial charge in [-0.1, -0.05) is 103 Å². The second-order valence-corrected chi connectivity index (χ2v) is 11.2. The average Bonchev–Trinajstić information content (AvgIpc) is 2.73. The Hall–Kier alpha value is 0.0969. The molecule has 0 N–H and O–H groups in total. The molecule has 0 bridgehead atoms. The zero-order valence-corrected chi connectivity index (χ0v) is 22.5. The van der Waals surface area contributed by atoms with E-state index in [4.69, 9.17) is 9.47 Å². The van der Waals surface area contributed by atoms with E-state index >= 15 is 0 Å². The van der Waals surface area contributed by atoms with Crippen LogP contribution in [0.4, 0.5) is 0 Å². The molecule has 0 aliphatic carbocycles. The number of methoxy groups -OCH3 is 2. The number of rotatable bonds is 24. The lowest BCUT2D eigenvalue weighted by Crippen LogP contribution is -2.41. The summed E-state index contributed by atoms with van der Waals surface area (Å²) in [5, 5.41) is 0. The summed E-state index contributed by atoms with van der Waals surface area (Å²) in [6.45, 7) is 4.89. The minimum Gasteiger partial charge on any atom is -0.360 e. The van der Waals surface area contributed by atoms with Crippen molar-refractivity contribution in [1.82, 2.24) is 0 Å². The van der Waals surface area contributed by atoms with E-state index in [1.165, 1.54) is 128 Å². The molecule has 3 nitrogen and oxygen atoms in total. The van der Waals surface area contributed by atoms with Crippen LogP contribution in [0, 0.1) is 0 Å². The normalized spacial score (nSPS) is 12.2. The molecule has 0 spiro atoms. The van der Waals surface area contributed by atoms with E-state index in [1.807, 2.05) is 0 Å². The van der Waals surface area contributed by atoms with Crippen molar-refractivity contribution in [3.63, 3.8) is 0 Å². The van der Waals surface area contributed by atoms with Crippen molar-refractivity contribution in [3.8, 4) is 0 Å². The molecule has 0 aliphatic rings. The van der Waals surface area contributed by atoms with Crippen LogP contribution in [0.25, 0.3) is 0 Å². The summed E-state index contributed by atoms with van der Waals surface area (Å²) in [7, 11) is 9.00. The van der Waals surface area contributed by atoms with Crippen LogP contribution in [-0.4, -0.2) is 61.3 Å². The third-order valence-electron chi connectivity index (χ3n) is 6.30. The van der Waals surface area contributed by atoms with E-state index in [0.29, 0.717) is 0 Å². The van der Waals surface area contributed by atoms with Crippen molar-refractivity contribution in [2.45, 2.75) is 128 Å². The monoisotopic (exact) mass is 442 g/mol. The molecule has 0 atom stereocenters. The first kappa shape index (κ1) is 30.1. The fourth-order valence-electron chi connectivity index (χ4n) is 4.19. The Balaban J connectivity index is 3.32. The third kappa shape index (κ3) is 21.3. The molecule has 4 heteroatoms. The van der Waals surface area contributed by atoms with E-state index in [2.05, 4.69) is 21.0 Å². The van der Waals surface area contributed by atoms with Gasteiger partial charge in [0.15, 0.2) is 0 Å². The van der Waals surface area contributed by atoms with Gasteiger partial charge in [0.05, 0.1) is 27.2 Å². The fourth-order valence-corrected chi connectivity index (χ4v) is 5.12. The van der Waals surface area contributed by atoms with Gasteiger partial charge in [0.25, 0.3) is 0 Å². The highest BCUT2D eigenvalue weighted by atomic mass is 28.2.